The van der Waals surface area contributed by atoms with Crippen LogP contribution in [0.1, 0.15) is 19.0 Å². The summed E-state index contributed by atoms with van der Waals surface area (Å²) >= 11 is 1.99. The molecule has 0 aliphatic heterocycles. The fourth-order valence-electron chi connectivity index (χ4n) is 1.56. The molecule has 4 nitrogen and oxygen atoms in total. The van der Waals surface area contributed by atoms with E-state index in [0.29, 0.717) is 0 Å². The third kappa shape index (κ3) is 6.10. The first-order valence-electron chi connectivity index (χ1n) is 6.16. The van der Waals surface area contributed by atoms with Crippen molar-refractivity contribution in [1.82, 2.24) is 15.1 Å². The van der Waals surface area contributed by atoms with Gasteiger partial charge in [-0.1, -0.05) is 6.92 Å². The minimum absolute atomic E-state index is 0.751. The molecule has 17 heavy (non-hydrogen) atoms. The fourth-order valence-corrected chi connectivity index (χ4v) is 2.18. The Bertz CT molecular complexity index is 265. The quantitative estimate of drug-likeness (QED) is 0.648. The van der Waals surface area contributed by atoms with Gasteiger partial charge in [-0.2, -0.15) is 16.9 Å². The Morgan fingerprint density at radius 2 is 2.41 bits per heavy atom. The SMILES string of the molecule is CCSCCCn1nccc1CNCCOC. The minimum Gasteiger partial charge on any atom is -0.383 e. The van der Waals surface area contributed by atoms with Crippen molar-refractivity contribution < 1.29 is 4.74 Å². The summed E-state index contributed by atoms with van der Waals surface area (Å²) in [4.78, 5) is 0. The zero-order valence-electron chi connectivity index (χ0n) is 10.8. The Balaban J connectivity index is 2.22. The molecule has 1 aromatic heterocycles. The molecule has 0 bridgehead atoms. The summed E-state index contributed by atoms with van der Waals surface area (Å²) < 4.78 is 7.09. The second-order valence-corrected chi connectivity index (χ2v) is 5.16. The zero-order chi connectivity index (χ0) is 12.3. The Morgan fingerprint density at radius 3 is 3.18 bits per heavy atom. The summed E-state index contributed by atoms with van der Waals surface area (Å²) in [6, 6.07) is 2.08. The number of thioether (sulfide) groups is 1. The molecule has 0 amide bonds. The number of hydrogen-bond acceptors (Lipinski definition) is 4. The van der Waals surface area contributed by atoms with Crippen molar-refractivity contribution in [2.75, 3.05) is 31.8 Å². The molecule has 98 valence electrons. The van der Waals surface area contributed by atoms with Crippen LogP contribution in [0.5, 0.6) is 0 Å². The highest BCUT2D eigenvalue weighted by Crippen LogP contribution is 2.05. The lowest BCUT2D eigenvalue weighted by atomic mass is 10.4. The molecule has 0 radical (unpaired) electrons. The summed E-state index contributed by atoms with van der Waals surface area (Å²) in [5.41, 5.74) is 1.25. The van der Waals surface area contributed by atoms with Crippen molar-refractivity contribution in [2.24, 2.45) is 0 Å². The predicted octanol–water partition coefficient (Wildman–Crippen LogP) is 1.76. The van der Waals surface area contributed by atoms with E-state index in [4.69, 9.17) is 4.74 Å². The predicted molar refractivity (Wildman–Crippen MR) is 73.4 cm³/mol. The molecule has 1 aromatic rings. The highest BCUT2D eigenvalue weighted by molar-refractivity contribution is 7.99. The standard InChI is InChI=1S/C12H23N3OS/c1-3-17-10-4-8-15-12(5-6-14-15)11-13-7-9-16-2/h5-6,13H,3-4,7-11H2,1-2H3. The Morgan fingerprint density at radius 1 is 1.53 bits per heavy atom. The molecular formula is C12H23N3OS. The summed E-state index contributed by atoms with van der Waals surface area (Å²) in [7, 11) is 1.72. The number of nitrogens with zero attached hydrogens (tertiary/aromatic N) is 2. The summed E-state index contributed by atoms with van der Waals surface area (Å²) in [6.07, 6.45) is 3.06. The van der Waals surface area contributed by atoms with Crippen molar-refractivity contribution in [3.8, 4) is 0 Å². The van der Waals surface area contributed by atoms with E-state index in [2.05, 4.69) is 28.1 Å². The first kappa shape index (κ1) is 14.5. The summed E-state index contributed by atoms with van der Waals surface area (Å²) in [5, 5.41) is 7.69. The van der Waals surface area contributed by atoms with E-state index in [9.17, 15) is 0 Å². The topological polar surface area (TPSA) is 39.1 Å². The van der Waals surface area contributed by atoms with Crippen molar-refractivity contribution in [3.63, 3.8) is 0 Å². The van der Waals surface area contributed by atoms with E-state index in [1.165, 1.54) is 23.6 Å². The van der Waals surface area contributed by atoms with Crippen LogP contribution in [0.15, 0.2) is 12.3 Å². The second-order valence-electron chi connectivity index (χ2n) is 3.77. The molecule has 0 atom stereocenters. The van der Waals surface area contributed by atoms with Crippen LogP contribution in [0.25, 0.3) is 0 Å². The molecule has 0 fully saturated rings. The van der Waals surface area contributed by atoms with Crippen molar-refractivity contribution in [1.29, 1.82) is 0 Å². The average Bonchev–Trinajstić information content (AvgIpc) is 2.78. The monoisotopic (exact) mass is 257 g/mol. The lowest BCUT2D eigenvalue weighted by Crippen LogP contribution is -2.21. The van der Waals surface area contributed by atoms with Crippen molar-refractivity contribution in [2.45, 2.75) is 26.4 Å². The van der Waals surface area contributed by atoms with Gasteiger partial charge in [0.15, 0.2) is 0 Å². The maximum atomic E-state index is 5.00. The summed E-state index contributed by atoms with van der Waals surface area (Å²) in [6.45, 7) is 5.71. The van der Waals surface area contributed by atoms with Gasteiger partial charge in [0.05, 0.1) is 12.3 Å². The van der Waals surface area contributed by atoms with E-state index < -0.39 is 0 Å². The Kier molecular flexibility index (Phi) is 8.13. The van der Waals surface area contributed by atoms with Gasteiger partial charge in [0.25, 0.3) is 0 Å². The number of nitrogens with one attached hydrogen (secondary N) is 1. The van der Waals surface area contributed by atoms with E-state index in [1.807, 2.05) is 18.0 Å². The highest BCUT2D eigenvalue weighted by atomic mass is 32.2. The molecule has 1 rings (SSSR count). The average molecular weight is 257 g/mol. The van der Waals surface area contributed by atoms with Gasteiger partial charge in [-0.15, -0.1) is 0 Å². The zero-order valence-corrected chi connectivity index (χ0v) is 11.6. The van der Waals surface area contributed by atoms with Gasteiger partial charge in [-0.25, -0.2) is 0 Å². The minimum atomic E-state index is 0.751. The van der Waals surface area contributed by atoms with E-state index in [0.717, 1.165) is 26.2 Å². The number of ether oxygens (including phenoxy) is 1. The lowest BCUT2D eigenvalue weighted by Gasteiger charge is -2.08. The summed E-state index contributed by atoms with van der Waals surface area (Å²) in [5.74, 6) is 2.41. The van der Waals surface area contributed by atoms with Crippen LogP contribution in [-0.4, -0.2) is 41.5 Å². The van der Waals surface area contributed by atoms with Crippen LogP contribution in [0.2, 0.25) is 0 Å². The van der Waals surface area contributed by atoms with E-state index in [1.54, 1.807) is 7.11 Å². The first-order valence-corrected chi connectivity index (χ1v) is 7.32. The number of hydrogen-bond donors (Lipinski definition) is 1. The van der Waals surface area contributed by atoms with Crippen LogP contribution in [0, 0.1) is 0 Å². The van der Waals surface area contributed by atoms with Crippen LogP contribution >= 0.6 is 11.8 Å². The molecule has 1 N–H and O–H groups in total. The van der Waals surface area contributed by atoms with Crippen LogP contribution in [-0.2, 0) is 17.8 Å². The number of aromatic nitrogens is 2. The number of methoxy groups -OCH3 is 1. The molecule has 0 spiro atoms. The third-order valence-corrected chi connectivity index (χ3v) is 3.44. The molecular weight excluding hydrogens is 234 g/mol. The molecule has 0 saturated heterocycles. The van der Waals surface area contributed by atoms with Gasteiger partial charge in [-0.05, 0) is 24.0 Å². The smallest absolute Gasteiger partial charge is 0.0587 e. The van der Waals surface area contributed by atoms with E-state index in [-0.39, 0.29) is 0 Å². The molecule has 1 heterocycles. The first-order chi connectivity index (χ1) is 8.38. The third-order valence-electron chi connectivity index (χ3n) is 2.46. The molecule has 5 heteroatoms. The molecule has 0 unspecified atom stereocenters. The molecule has 0 aliphatic rings. The van der Waals surface area contributed by atoms with Crippen LogP contribution in [0.3, 0.4) is 0 Å². The van der Waals surface area contributed by atoms with Crippen LogP contribution < -0.4 is 5.32 Å². The van der Waals surface area contributed by atoms with Crippen LogP contribution in [0.4, 0.5) is 0 Å². The molecule has 0 aliphatic carbocycles. The normalized spacial score (nSPS) is 10.9. The maximum absolute atomic E-state index is 5.00. The molecule has 0 saturated carbocycles. The fraction of sp³-hybridized carbons (Fsp3) is 0.750. The number of aryl methyl sites for hydroxylation is 1. The second kappa shape index (κ2) is 9.50. The van der Waals surface area contributed by atoms with Gasteiger partial charge in [-0.3, -0.25) is 4.68 Å². The van der Waals surface area contributed by atoms with Gasteiger partial charge >= 0.3 is 0 Å². The van der Waals surface area contributed by atoms with Gasteiger partial charge in [0.2, 0.25) is 0 Å². The highest BCUT2D eigenvalue weighted by Gasteiger charge is 2.01. The van der Waals surface area contributed by atoms with Crippen molar-refractivity contribution in [3.05, 3.63) is 18.0 Å². The van der Waals surface area contributed by atoms with Gasteiger partial charge in [0, 0.05) is 32.9 Å². The Labute approximate surface area is 108 Å². The van der Waals surface area contributed by atoms with Gasteiger partial charge in [0.1, 0.15) is 0 Å². The number of rotatable bonds is 10. The molecule has 0 aromatic carbocycles. The maximum Gasteiger partial charge on any atom is 0.0587 e. The lowest BCUT2D eigenvalue weighted by molar-refractivity contribution is 0.199. The van der Waals surface area contributed by atoms with E-state index >= 15 is 0 Å². The largest absolute Gasteiger partial charge is 0.383 e. The Hall–Kier alpha value is -0.520. The van der Waals surface area contributed by atoms with Crippen molar-refractivity contribution >= 4 is 11.8 Å². The van der Waals surface area contributed by atoms with Gasteiger partial charge < -0.3 is 10.1 Å².